The third-order valence-corrected chi connectivity index (χ3v) is 9.90. The Balaban J connectivity index is 1.24. The normalized spacial score (nSPS) is 23.2. The first-order valence-corrected chi connectivity index (χ1v) is 16.3. The average Bonchev–Trinajstić information content (AvgIpc) is 3.28. The van der Waals surface area contributed by atoms with Gasteiger partial charge in [-0.2, -0.15) is 0 Å². The number of carbonyl (C=O) groups excluding carboxylic acids is 2. The molecule has 0 aromatic heterocycles. The molecule has 238 valence electrons. The molecule has 6 rings (SSSR count). The van der Waals surface area contributed by atoms with Gasteiger partial charge < -0.3 is 19.9 Å². The van der Waals surface area contributed by atoms with E-state index in [-0.39, 0.29) is 36.2 Å². The highest BCUT2D eigenvalue weighted by Gasteiger charge is 2.56. The summed E-state index contributed by atoms with van der Waals surface area (Å²) in [6.07, 6.45) is 5.56. The molecule has 0 spiro atoms. The lowest BCUT2D eigenvalue weighted by Crippen LogP contribution is -2.46. The molecule has 46 heavy (non-hydrogen) atoms. The Morgan fingerprint density at radius 1 is 0.935 bits per heavy atom. The van der Waals surface area contributed by atoms with E-state index in [0.29, 0.717) is 45.1 Å². The SMILES string of the molecule is CC1=C2[C@@H](CC/C(=C/c3ccc(O)c4ccccc34)c3ccccc3)OB(O)C[C@@H]2[C@@H]2C(=O)N(CCCCCC(=O)O)C(=O)[C@@H]2C1. The van der Waals surface area contributed by atoms with Crippen molar-refractivity contribution >= 4 is 47.3 Å². The van der Waals surface area contributed by atoms with E-state index in [4.69, 9.17) is 9.76 Å². The summed E-state index contributed by atoms with van der Waals surface area (Å²) in [5.74, 6) is -2.17. The number of carboxylic acid groups (broad SMARTS) is 1. The molecule has 3 aromatic rings. The van der Waals surface area contributed by atoms with Gasteiger partial charge in [-0.25, -0.2) is 0 Å². The van der Waals surface area contributed by atoms with Crippen LogP contribution in [0, 0.1) is 17.8 Å². The van der Waals surface area contributed by atoms with E-state index in [0.717, 1.165) is 38.6 Å². The fourth-order valence-corrected chi connectivity index (χ4v) is 7.79. The van der Waals surface area contributed by atoms with Gasteiger partial charge in [0.05, 0.1) is 17.9 Å². The van der Waals surface area contributed by atoms with Crippen LogP contribution >= 0.6 is 0 Å². The number of allylic oxidation sites excluding steroid dienone is 2. The van der Waals surface area contributed by atoms with Crippen molar-refractivity contribution in [1.82, 2.24) is 4.90 Å². The van der Waals surface area contributed by atoms with Crippen molar-refractivity contribution in [2.45, 2.75) is 64.3 Å². The molecular formula is C37H40BNO7. The van der Waals surface area contributed by atoms with Crippen molar-refractivity contribution in [3.05, 3.63) is 89.0 Å². The minimum Gasteiger partial charge on any atom is -0.507 e. The summed E-state index contributed by atoms with van der Waals surface area (Å²) in [7, 11) is -1.04. The number of hydrogen-bond acceptors (Lipinski definition) is 6. The number of phenolic OH excluding ortho intramolecular Hbond substituents is 1. The number of amides is 2. The van der Waals surface area contributed by atoms with E-state index in [1.807, 2.05) is 55.5 Å². The van der Waals surface area contributed by atoms with E-state index < -0.39 is 31.0 Å². The maximum absolute atomic E-state index is 13.7. The first-order chi connectivity index (χ1) is 22.2. The van der Waals surface area contributed by atoms with E-state index in [1.54, 1.807) is 6.07 Å². The van der Waals surface area contributed by atoms with E-state index >= 15 is 0 Å². The number of fused-ring (bicyclic) bond motifs is 4. The fraction of sp³-hybridized carbons (Fsp3) is 0.378. The third-order valence-electron chi connectivity index (χ3n) is 9.90. The molecule has 1 aliphatic carbocycles. The van der Waals surface area contributed by atoms with Gasteiger partial charge in [0.2, 0.25) is 11.8 Å². The summed E-state index contributed by atoms with van der Waals surface area (Å²) < 4.78 is 6.18. The number of rotatable bonds is 11. The lowest BCUT2D eigenvalue weighted by Gasteiger charge is -2.42. The topological polar surface area (TPSA) is 124 Å². The second kappa shape index (κ2) is 13.7. The first kappa shape index (κ1) is 31.8. The molecule has 0 unspecified atom stereocenters. The molecule has 3 N–H and O–H groups in total. The van der Waals surface area contributed by atoms with Crippen LogP contribution in [0.1, 0.15) is 63.0 Å². The van der Waals surface area contributed by atoms with E-state index in [1.165, 1.54) is 4.90 Å². The van der Waals surface area contributed by atoms with Crippen LogP contribution in [0.4, 0.5) is 0 Å². The van der Waals surface area contributed by atoms with E-state index in [9.17, 15) is 24.5 Å². The molecule has 4 atom stereocenters. The number of hydrogen-bond donors (Lipinski definition) is 3. The smallest absolute Gasteiger partial charge is 0.455 e. The number of nitrogens with zero attached hydrogens (tertiary/aromatic N) is 1. The lowest BCUT2D eigenvalue weighted by molar-refractivity contribution is -0.141. The maximum Gasteiger partial charge on any atom is 0.455 e. The van der Waals surface area contributed by atoms with Crippen molar-refractivity contribution in [1.29, 1.82) is 0 Å². The number of aliphatic carboxylic acids is 1. The van der Waals surface area contributed by atoms with Crippen LogP contribution in [0.15, 0.2) is 77.9 Å². The van der Waals surface area contributed by atoms with Gasteiger partial charge >= 0.3 is 13.1 Å². The predicted octanol–water partition coefficient (Wildman–Crippen LogP) is 6.33. The van der Waals surface area contributed by atoms with Crippen LogP contribution in [0.3, 0.4) is 0 Å². The summed E-state index contributed by atoms with van der Waals surface area (Å²) >= 11 is 0. The van der Waals surface area contributed by atoms with Gasteiger partial charge in [-0.1, -0.05) is 78.7 Å². The number of imide groups is 1. The molecule has 3 aliphatic rings. The molecule has 2 heterocycles. The number of unbranched alkanes of at least 4 members (excludes halogenated alkanes) is 2. The molecule has 2 amide bonds. The zero-order valence-corrected chi connectivity index (χ0v) is 26.1. The van der Waals surface area contributed by atoms with Gasteiger partial charge in [0, 0.05) is 18.4 Å². The lowest BCUT2D eigenvalue weighted by atomic mass is 9.58. The minimum absolute atomic E-state index is 0.0771. The molecule has 2 fully saturated rings. The zero-order valence-electron chi connectivity index (χ0n) is 26.1. The molecule has 0 bridgehead atoms. The van der Waals surface area contributed by atoms with Crippen molar-refractivity contribution < 1.29 is 34.3 Å². The maximum atomic E-state index is 13.7. The summed E-state index contributed by atoms with van der Waals surface area (Å²) in [5.41, 5.74) is 5.24. The Kier molecular flexibility index (Phi) is 9.43. The summed E-state index contributed by atoms with van der Waals surface area (Å²) in [6.45, 7) is 2.32. The molecule has 2 aliphatic heterocycles. The number of likely N-dealkylation sites (tertiary alicyclic amines) is 1. The van der Waals surface area contributed by atoms with Gasteiger partial charge in [-0.3, -0.25) is 19.3 Å². The molecule has 9 heteroatoms. The van der Waals surface area contributed by atoms with Gasteiger partial charge in [-0.15, -0.1) is 0 Å². The summed E-state index contributed by atoms with van der Waals surface area (Å²) in [6, 6.07) is 21.5. The largest absolute Gasteiger partial charge is 0.507 e. The van der Waals surface area contributed by atoms with Crippen LogP contribution < -0.4 is 0 Å². The highest BCUT2D eigenvalue weighted by atomic mass is 16.5. The van der Waals surface area contributed by atoms with Crippen LogP contribution in [0.2, 0.25) is 6.32 Å². The highest BCUT2D eigenvalue weighted by molar-refractivity contribution is 6.43. The van der Waals surface area contributed by atoms with Crippen molar-refractivity contribution in [3.63, 3.8) is 0 Å². The van der Waals surface area contributed by atoms with Crippen molar-refractivity contribution in [2.24, 2.45) is 17.8 Å². The standard InChI is InChI=1S/C37H40BNO7/c1-23-20-29-35(37(44)39(36(29)43)19-9-3-6-14-33(41)42)30-22-38(45)46-32(34(23)30)18-16-25(24-10-4-2-5-11-24)21-26-15-17-31(40)28-13-8-7-12-27(26)28/h2,4-5,7-8,10-13,15,17,21,29-30,32,35,40,45H,3,6,9,14,16,18-20,22H2,1H3,(H,41,42)/b25-21-/t29-,30+,32-,35-/m1/s1. The molecule has 3 aromatic carbocycles. The van der Waals surface area contributed by atoms with Gasteiger partial charge in [0.15, 0.2) is 0 Å². The Bertz CT molecular complexity index is 1700. The third kappa shape index (κ3) is 6.39. The second-order valence-corrected chi connectivity index (χ2v) is 12.8. The minimum atomic E-state index is -1.04. The van der Waals surface area contributed by atoms with Gasteiger partial charge in [-0.05, 0) is 85.0 Å². The molecular weight excluding hydrogens is 581 g/mol. The summed E-state index contributed by atoms with van der Waals surface area (Å²) in [4.78, 5) is 39.4. The Morgan fingerprint density at radius 3 is 2.43 bits per heavy atom. The van der Waals surface area contributed by atoms with E-state index in [2.05, 4.69) is 18.2 Å². The Labute approximate surface area is 269 Å². The monoisotopic (exact) mass is 621 g/mol. The summed E-state index contributed by atoms with van der Waals surface area (Å²) in [5, 5.41) is 32.0. The number of carbonyl (C=O) groups is 3. The van der Waals surface area contributed by atoms with Crippen LogP contribution in [0.25, 0.3) is 22.4 Å². The fourth-order valence-electron chi connectivity index (χ4n) is 7.79. The molecule has 0 radical (unpaired) electrons. The number of aromatic hydroxyl groups is 1. The quantitative estimate of drug-likeness (QED) is 0.0752. The molecule has 0 saturated carbocycles. The van der Waals surface area contributed by atoms with Crippen LogP contribution in [-0.2, 0) is 19.0 Å². The van der Waals surface area contributed by atoms with Crippen LogP contribution in [0.5, 0.6) is 5.75 Å². The molecule has 2 saturated heterocycles. The number of benzene rings is 3. The van der Waals surface area contributed by atoms with Crippen molar-refractivity contribution in [3.8, 4) is 5.75 Å². The van der Waals surface area contributed by atoms with Gasteiger partial charge in [0.1, 0.15) is 5.75 Å². The Hall–Kier alpha value is -4.21. The average molecular weight is 622 g/mol. The Morgan fingerprint density at radius 2 is 1.67 bits per heavy atom. The number of carboxylic acids is 1. The highest BCUT2D eigenvalue weighted by Crippen LogP contribution is 2.50. The molecule has 8 nitrogen and oxygen atoms in total. The van der Waals surface area contributed by atoms with Crippen molar-refractivity contribution in [2.75, 3.05) is 6.54 Å². The number of phenols is 1. The van der Waals surface area contributed by atoms with Crippen LogP contribution in [-0.4, -0.2) is 57.7 Å². The first-order valence-electron chi connectivity index (χ1n) is 16.3. The second-order valence-electron chi connectivity index (χ2n) is 12.8. The van der Waals surface area contributed by atoms with Gasteiger partial charge in [0.25, 0.3) is 0 Å². The predicted molar refractivity (Wildman–Crippen MR) is 177 cm³/mol. The zero-order chi connectivity index (χ0) is 32.4.